The first-order chi connectivity index (χ1) is 14.6. The molecular weight excluding hydrogens is 388 g/mol. The lowest BCUT2D eigenvalue weighted by molar-refractivity contribution is -0.136. The standard InChI is InChI=1S/C22H24N2O6/c1-27-17-4-2-3-5-18(17)28-13-21(25)24-10-8-15(9-11-24)22(26)23-16-6-7-19-20(12-16)30-14-29-19/h2-7,12,15H,8-11,13-14H2,1H3,(H,23,26). The largest absolute Gasteiger partial charge is 0.493 e. The van der Waals surface area contributed by atoms with Crippen molar-refractivity contribution in [3.63, 3.8) is 0 Å². The van der Waals surface area contributed by atoms with Crippen molar-refractivity contribution in [3.05, 3.63) is 42.5 Å². The molecule has 0 aliphatic carbocycles. The van der Waals surface area contributed by atoms with Crippen LogP contribution in [0.3, 0.4) is 0 Å². The summed E-state index contributed by atoms with van der Waals surface area (Å²) >= 11 is 0. The number of fused-ring (bicyclic) bond motifs is 1. The van der Waals surface area contributed by atoms with Crippen LogP contribution >= 0.6 is 0 Å². The minimum absolute atomic E-state index is 0.0498. The molecule has 30 heavy (non-hydrogen) atoms. The van der Waals surface area contributed by atoms with Gasteiger partial charge in [0.05, 0.1) is 7.11 Å². The molecule has 2 aliphatic rings. The second kappa shape index (κ2) is 8.94. The number of carbonyl (C=O) groups excluding carboxylic acids is 2. The van der Waals surface area contributed by atoms with Crippen LogP contribution < -0.4 is 24.3 Å². The lowest BCUT2D eigenvalue weighted by Crippen LogP contribution is -2.43. The Balaban J connectivity index is 1.25. The van der Waals surface area contributed by atoms with E-state index in [9.17, 15) is 9.59 Å². The van der Waals surface area contributed by atoms with Gasteiger partial charge in [-0.3, -0.25) is 9.59 Å². The van der Waals surface area contributed by atoms with Gasteiger partial charge in [0.25, 0.3) is 5.91 Å². The molecule has 8 nitrogen and oxygen atoms in total. The maximum Gasteiger partial charge on any atom is 0.260 e. The number of para-hydroxylation sites is 2. The molecule has 158 valence electrons. The van der Waals surface area contributed by atoms with E-state index < -0.39 is 0 Å². The van der Waals surface area contributed by atoms with Crippen LogP contribution in [0.15, 0.2) is 42.5 Å². The third-order valence-corrected chi connectivity index (χ3v) is 5.28. The predicted molar refractivity (Wildman–Crippen MR) is 109 cm³/mol. The third kappa shape index (κ3) is 4.42. The lowest BCUT2D eigenvalue weighted by atomic mass is 9.95. The van der Waals surface area contributed by atoms with Crippen molar-refractivity contribution < 1.29 is 28.5 Å². The first kappa shape index (κ1) is 19.9. The number of nitrogens with one attached hydrogen (secondary N) is 1. The van der Waals surface area contributed by atoms with E-state index in [1.807, 2.05) is 12.1 Å². The first-order valence-electron chi connectivity index (χ1n) is 9.88. The summed E-state index contributed by atoms with van der Waals surface area (Å²) in [6.07, 6.45) is 1.22. The Hall–Kier alpha value is -3.42. The van der Waals surface area contributed by atoms with Gasteiger partial charge in [-0.2, -0.15) is 0 Å². The lowest BCUT2D eigenvalue weighted by Gasteiger charge is -2.31. The average molecular weight is 412 g/mol. The van der Waals surface area contributed by atoms with E-state index in [0.717, 1.165) is 0 Å². The van der Waals surface area contributed by atoms with Crippen LogP contribution in [0.25, 0.3) is 0 Å². The molecule has 0 saturated carbocycles. The number of likely N-dealkylation sites (tertiary alicyclic amines) is 1. The number of piperidine rings is 1. The molecule has 2 aromatic rings. The predicted octanol–water partition coefficient (Wildman–Crippen LogP) is 2.68. The normalized spacial score (nSPS) is 15.6. The summed E-state index contributed by atoms with van der Waals surface area (Å²) < 4.78 is 21.5. The monoisotopic (exact) mass is 412 g/mol. The fourth-order valence-corrected chi connectivity index (χ4v) is 3.58. The quantitative estimate of drug-likeness (QED) is 0.785. The van der Waals surface area contributed by atoms with Crippen LogP contribution in [0.2, 0.25) is 0 Å². The molecule has 0 aromatic heterocycles. The van der Waals surface area contributed by atoms with E-state index in [4.69, 9.17) is 18.9 Å². The van der Waals surface area contributed by atoms with Gasteiger partial charge in [0.1, 0.15) is 0 Å². The molecule has 2 heterocycles. The van der Waals surface area contributed by atoms with E-state index in [-0.39, 0.29) is 31.1 Å². The van der Waals surface area contributed by atoms with Crippen molar-refractivity contribution in [2.75, 3.05) is 38.9 Å². The summed E-state index contributed by atoms with van der Waals surface area (Å²) in [4.78, 5) is 26.8. The van der Waals surface area contributed by atoms with Crippen molar-refractivity contribution >= 4 is 17.5 Å². The molecule has 0 atom stereocenters. The summed E-state index contributed by atoms with van der Waals surface area (Å²) in [6.45, 7) is 1.18. The first-order valence-corrected chi connectivity index (χ1v) is 9.88. The third-order valence-electron chi connectivity index (χ3n) is 5.28. The van der Waals surface area contributed by atoms with Crippen molar-refractivity contribution in [1.29, 1.82) is 0 Å². The van der Waals surface area contributed by atoms with E-state index in [1.165, 1.54) is 0 Å². The number of benzene rings is 2. The fraction of sp³-hybridized carbons (Fsp3) is 0.364. The number of hydrogen-bond acceptors (Lipinski definition) is 6. The molecule has 0 spiro atoms. The van der Waals surface area contributed by atoms with Gasteiger partial charge in [0.2, 0.25) is 12.7 Å². The Morgan fingerprint density at radius 3 is 2.57 bits per heavy atom. The Morgan fingerprint density at radius 2 is 1.80 bits per heavy atom. The van der Waals surface area contributed by atoms with Gasteiger partial charge >= 0.3 is 0 Å². The number of methoxy groups -OCH3 is 1. The maximum atomic E-state index is 12.6. The van der Waals surface area contributed by atoms with Gasteiger partial charge in [0.15, 0.2) is 29.6 Å². The van der Waals surface area contributed by atoms with Crippen LogP contribution in [0.1, 0.15) is 12.8 Å². The number of hydrogen-bond donors (Lipinski definition) is 1. The molecule has 0 bridgehead atoms. The van der Waals surface area contributed by atoms with E-state index in [1.54, 1.807) is 42.3 Å². The van der Waals surface area contributed by atoms with Crippen molar-refractivity contribution in [1.82, 2.24) is 4.90 Å². The summed E-state index contributed by atoms with van der Waals surface area (Å²) in [5, 5.41) is 2.93. The highest BCUT2D eigenvalue weighted by molar-refractivity contribution is 5.93. The Kier molecular flexibility index (Phi) is 5.92. The average Bonchev–Trinajstić information content (AvgIpc) is 3.25. The zero-order valence-electron chi connectivity index (χ0n) is 16.8. The van der Waals surface area contributed by atoms with Crippen LogP contribution in [0.5, 0.6) is 23.0 Å². The number of amides is 2. The molecule has 2 aromatic carbocycles. The molecule has 0 radical (unpaired) electrons. The Bertz CT molecular complexity index is 924. The van der Waals surface area contributed by atoms with E-state index >= 15 is 0 Å². The number of nitrogens with zero attached hydrogens (tertiary/aromatic N) is 1. The van der Waals surface area contributed by atoms with Crippen molar-refractivity contribution in [3.8, 4) is 23.0 Å². The molecular formula is C22H24N2O6. The second-order valence-corrected chi connectivity index (χ2v) is 7.15. The van der Waals surface area contributed by atoms with Gasteiger partial charge < -0.3 is 29.2 Å². The fourth-order valence-electron chi connectivity index (χ4n) is 3.58. The zero-order valence-corrected chi connectivity index (χ0v) is 16.8. The minimum Gasteiger partial charge on any atom is -0.493 e. The Morgan fingerprint density at radius 1 is 1.07 bits per heavy atom. The van der Waals surface area contributed by atoms with Crippen molar-refractivity contribution in [2.45, 2.75) is 12.8 Å². The number of anilines is 1. The molecule has 0 unspecified atom stereocenters. The Labute approximate surface area is 174 Å². The van der Waals surface area contributed by atoms with Gasteiger partial charge in [-0.25, -0.2) is 0 Å². The highest BCUT2D eigenvalue weighted by atomic mass is 16.7. The number of ether oxygens (including phenoxy) is 4. The molecule has 2 amide bonds. The molecule has 4 rings (SSSR count). The van der Waals surface area contributed by atoms with Gasteiger partial charge in [-0.15, -0.1) is 0 Å². The minimum atomic E-state index is -0.144. The molecule has 1 N–H and O–H groups in total. The molecule has 1 saturated heterocycles. The summed E-state index contributed by atoms with van der Waals surface area (Å²) in [5.74, 6) is 2.13. The number of rotatable bonds is 6. The summed E-state index contributed by atoms with van der Waals surface area (Å²) in [7, 11) is 1.56. The highest BCUT2D eigenvalue weighted by Crippen LogP contribution is 2.34. The van der Waals surface area contributed by atoms with Crippen LogP contribution in [-0.2, 0) is 9.59 Å². The van der Waals surface area contributed by atoms with Crippen molar-refractivity contribution in [2.24, 2.45) is 5.92 Å². The summed E-state index contributed by atoms with van der Waals surface area (Å²) in [6, 6.07) is 12.5. The molecule has 2 aliphatic heterocycles. The van der Waals surface area contributed by atoms with E-state index in [0.29, 0.717) is 54.6 Å². The van der Waals surface area contributed by atoms with Gasteiger partial charge in [-0.1, -0.05) is 12.1 Å². The number of carbonyl (C=O) groups is 2. The van der Waals surface area contributed by atoms with Crippen LogP contribution in [-0.4, -0.2) is 50.3 Å². The van der Waals surface area contributed by atoms with Gasteiger partial charge in [-0.05, 0) is 37.1 Å². The molecule has 8 heteroatoms. The van der Waals surface area contributed by atoms with Gasteiger partial charge in [0, 0.05) is 30.8 Å². The summed E-state index contributed by atoms with van der Waals surface area (Å²) in [5.41, 5.74) is 0.674. The second-order valence-electron chi connectivity index (χ2n) is 7.15. The topological polar surface area (TPSA) is 86.3 Å². The van der Waals surface area contributed by atoms with E-state index in [2.05, 4.69) is 5.32 Å². The highest BCUT2D eigenvalue weighted by Gasteiger charge is 2.28. The SMILES string of the molecule is COc1ccccc1OCC(=O)N1CCC(C(=O)Nc2ccc3c(c2)OCO3)CC1. The van der Waals surface area contributed by atoms with Crippen LogP contribution in [0.4, 0.5) is 5.69 Å². The smallest absolute Gasteiger partial charge is 0.260 e. The molecule has 1 fully saturated rings. The zero-order chi connectivity index (χ0) is 20.9. The maximum absolute atomic E-state index is 12.6. The van der Waals surface area contributed by atoms with Crippen LogP contribution in [0, 0.1) is 5.92 Å².